The third-order valence-electron chi connectivity index (χ3n) is 3.18. The van der Waals surface area contributed by atoms with Crippen molar-refractivity contribution in [1.82, 2.24) is 10.2 Å². The summed E-state index contributed by atoms with van der Waals surface area (Å²) in [5, 5.41) is 3.65. The highest BCUT2D eigenvalue weighted by molar-refractivity contribution is 7.98. The minimum Gasteiger partial charge on any atom is -0.313 e. The fourth-order valence-electron chi connectivity index (χ4n) is 2.12. The van der Waals surface area contributed by atoms with Crippen molar-refractivity contribution in [3.63, 3.8) is 0 Å². The van der Waals surface area contributed by atoms with Gasteiger partial charge in [-0.25, -0.2) is 0 Å². The van der Waals surface area contributed by atoms with Crippen molar-refractivity contribution < 1.29 is 0 Å². The molecule has 0 atom stereocenters. The second kappa shape index (κ2) is 6.12. The van der Waals surface area contributed by atoms with Gasteiger partial charge in [0.1, 0.15) is 0 Å². The maximum absolute atomic E-state index is 3.65. The molecule has 0 saturated carbocycles. The van der Waals surface area contributed by atoms with Gasteiger partial charge in [-0.15, -0.1) is 0 Å². The molecule has 0 bridgehead atoms. The van der Waals surface area contributed by atoms with Gasteiger partial charge >= 0.3 is 0 Å². The minimum absolute atomic E-state index is 0.351. The average molecular weight is 230 g/mol. The predicted octanol–water partition coefficient (Wildman–Crippen LogP) is 2.20. The van der Waals surface area contributed by atoms with Crippen LogP contribution < -0.4 is 5.32 Å². The van der Waals surface area contributed by atoms with Gasteiger partial charge in [-0.3, -0.25) is 4.90 Å². The Morgan fingerprint density at radius 1 is 1.27 bits per heavy atom. The molecule has 0 spiro atoms. The zero-order chi connectivity index (χ0) is 11.3. The van der Waals surface area contributed by atoms with E-state index in [-0.39, 0.29) is 0 Å². The van der Waals surface area contributed by atoms with Crippen LogP contribution in [0, 0.1) is 0 Å². The fourth-order valence-corrected chi connectivity index (χ4v) is 2.44. The lowest BCUT2D eigenvalue weighted by molar-refractivity contribution is 0.0968. The zero-order valence-corrected chi connectivity index (χ0v) is 11.5. The second-order valence-electron chi connectivity index (χ2n) is 5.38. The highest BCUT2D eigenvalue weighted by Gasteiger charge is 2.26. The monoisotopic (exact) mass is 230 g/mol. The molecular weight excluding hydrogens is 204 g/mol. The van der Waals surface area contributed by atoms with Crippen molar-refractivity contribution >= 4 is 11.8 Å². The molecule has 0 unspecified atom stereocenters. The smallest absolute Gasteiger partial charge is 0.0125 e. The Kier molecular flexibility index (Phi) is 5.44. The Balaban J connectivity index is 2.18. The Morgan fingerprint density at radius 3 is 2.33 bits per heavy atom. The lowest BCUT2D eigenvalue weighted by atomic mass is 9.98. The van der Waals surface area contributed by atoms with Crippen LogP contribution in [-0.4, -0.2) is 48.1 Å². The summed E-state index contributed by atoms with van der Waals surface area (Å²) in [6, 6.07) is 0.760. The summed E-state index contributed by atoms with van der Waals surface area (Å²) in [7, 11) is 0. The van der Waals surface area contributed by atoms with Crippen LogP contribution in [0.2, 0.25) is 0 Å². The molecule has 2 nitrogen and oxygen atoms in total. The lowest BCUT2D eigenvalue weighted by Crippen LogP contribution is -2.50. The maximum Gasteiger partial charge on any atom is 0.0125 e. The molecule has 1 rings (SSSR count). The predicted molar refractivity (Wildman–Crippen MR) is 70.7 cm³/mol. The number of nitrogens with one attached hydrogen (secondary N) is 1. The van der Waals surface area contributed by atoms with E-state index in [2.05, 4.69) is 37.2 Å². The molecule has 0 radical (unpaired) electrons. The quantitative estimate of drug-likeness (QED) is 0.746. The minimum atomic E-state index is 0.351. The van der Waals surface area contributed by atoms with E-state index in [1.165, 1.54) is 38.2 Å². The Labute approximate surface area is 99.2 Å². The first-order chi connectivity index (χ1) is 7.04. The van der Waals surface area contributed by atoms with Crippen LogP contribution in [0.25, 0.3) is 0 Å². The summed E-state index contributed by atoms with van der Waals surface area (Å²) in [5.74, 6) is 1.24. The first kappa shape index (κ1) is 13.3. The van der Waals surface area contributed by atoms with Crippen LogP contribution in [-0.2, 0) is 0 Å². The van der Waals surface area contributed by atoms with Gasteiger partial charge in [0.2, 0.25) is 0 Å². The van der Waals surface area contributed by atoms with Gasteiger partial charge in [0.05, 0.1) is 0 Å². The Morgan fingerprint density at radius 2 is 1.87 bits per heavy atom. The van der Waals surface area contributed by atoms with E-state index in [1.54, 1.807) is 0 Å². The van der Waals surface area contributed by atoms with Gasteiger partial charge in [-0.05, 0) is 39.9 Å². The zero-order valence-electron chi connectivity index (χ0n) is 10.7. The van der Waals surface area contributed by atoms with Crippen LogP contribution in [0.15, 0.2) is 0 Å². The van der Waals surface area contributed by atoms with Crippen LogP contribution in [0.3, 0.4) is 0 Å². The molecule has 3 heteroatoms. The number of hydrogen-bond donors (Lipinski definition) is 1. The number of rotatable bonds is 4. The molecule has 0 aromatic heterocycles. The molecule has 0 aromatic rings. The molecular formula is C12H26N2S. The topological polar surface area (TPSA) is 15.3 Å². The van der Waals surface area contributed by atoms with Crippen molar-refractivity contribution in [3.05, 3.63) is 0 Å². The normalized spacial score (nSPS) is 20.8. The van der Waals surface area contributed by atoms with Gasteiger partial charge in [-0.2, -0.15) is 11.8 Å². The summed E-state index contributed by atoms with van der Waals surface area (Å²) in [4.78, 5) is 2.60. The standard InChI is InChI=1S/C12H26N2S/c1-12(2,3)14-8-5-11(6-9-14)13-7-10-15-4/h11,13H,5-10H2,1-4H3. The summed E-state index contributed by atoms with van der Waals surface area (Å²) in [5.41, 5.74) is 0.351. The fraction of sp³-hybridized carbons (Fsp3) is 1.00. The molecule has 1 fully saturated rings. The summed E-state index contributed by atoms with van der Waals surface area (Å²) in [6.45, 7) is 10.6. The van der Waals surface area contributed by atoms with Gasteiger partial charge in [0.15, 0.2) is 0 Å². The molecule has 0 aliphatic carbocycles. The van der Waals surface area contributed by atoms with E-state index in [1.807, 2.05) is 11.8 Å². The third kappa shape index (κ3) is 4.75. The van der Waals surface area contributed by atoms with Crippen molar-refractivity contribution in [2.24, 2.45) is 0 Å². The number of piperidine rings is 1. The van der Waals surface area contributed by atoms with E-state index < -0.39 is 0 Å². The number of thioether (sulfide) groups is 1. The molecule has 1 heterocycles. The second-order valence-corrected chi connectivity index (χ2v) is 6.36. The Hall–Kier alpha value is 0.270. The van der Waals surface area contributed by atoms with Crippen LogP contribution >= 0.6 is 11.8 Å². The van der Waals surface area contributed by atoms with Crippen molar-refractivity contribution in [3.8, 4) is 0 Å². The molecule has 90 valence electrons. The van der Waals surface area contributed by atoms with Gasteiger partial charge in [0.25, 0.3) is 0 Å². The van der Waals surface area contributed by atoms with Gasteiger partial charge in [0, 0.05) is 37.0 Å². The lowest BCUT2D eigenvalue weighted by Gasteiger charge is -2.41. The first-order valence-corrected chi connectivity index (χ1v) is 7.41. The van der Waals surface area contributed by atoms with Crippen LogP contribution in [0.5, 0.6) is 0 Å². The molecule has 1 N–H and O–H groups in total. The van der Waals surface area contributed by atoms with Gasteiger partial charge in [-0.1, -0.05) is 0 Å². The van der Waals surface area contributed by atoms with Crippen LogP contribution in [0.1, 0.15) is 33.6 Å². The van der Waals surface area contributed by atoms with E-state index in [0.29, 0.717) is 5.54 Å². The summed E-state index contributed by atoms with van der Waals surface area (Å²) in [6.07, 6.45) is 4.79. The van der Waals surface area contributed by atoms with E-state index in [0.717, 1.165) is 6.04 Å². The number of nitrogens with zero attached hydrogens (tertiary/aromatic N) is 1. The van der Waals surface area contributed by atoms with Crippen molar-refractivity contribution in [2.75, 3.05) is 31.6 Å². The Bertz CT molecular complexity index is 169. The summed E-state index contributed by atoms with van der Waals surface area (Å²) >= 11 is 1.92. The van der Waals surface area contributed by atoms with E-state index in [9.17, 15) is 0 Å². The van der Waals surface area contributed by atoms with Crippen molar-refractivity contribution in [1.29, 1.82) is 0 Å². The van der Waals surface area contributed by atoms with Gasteiger partial charge < -0.3 is 5.32 Å². The average Bonchev–Trinajstić information content (AvgIpc) is 2.18. The molecule has 0 aromatic carbocycles. The molecule has 1 saturated heterocycles. The summed E-state index contributed by atoms with van der Waals surface area (Å²) < 4.78 is 0. The maximum atomic E-state index is 3.65. The van der Waals surface area contributed by atoms with Crippen LogP contribution in [0.4, 0.5) is 0 Å². The largest absolute Gasteiger partial charge is 0.313 e. The number of likely N-dealkylation sites (tertiary alicyclic amines) is 1. The highest BCUT2D eigenvalue weighted by Crippen LogP contribution is 2.19. The number of hydrogen-bond acceptors (Lipinski definition) is 3. The highest BCUT2D eigenvalue weighted by atomic mass is 32.2. The molecule has 0 amide bonds. The third-order valence-corrected chi connectivity index (χ3v) is 3.80. The van der Waals surface area contributed by atoms with Crippen molar-refractivity contribution in [2.45, 2.75) is 45.2 Å². The first-order valence-electron chi connectivity index (χ1n) is 6.01. The van der Waals surface area contributed by atoms with E-state index in [4.69, 9.17) is 0 Å². The molecule has 1 aliphatic rings. The SMILES string of the molecule is CSCCNC1CCN(C(C)(C)C)CC1. The molecule has 15 heavy (non-hydrogen) atoms. The molecule has 1 aliphatic heterocycles. The van der Waals surface area contributed by atoms with E-state index >= 15 is 0 Å².